The van der Waals surface area contributed by atoms with Crippen LogP contribution in [0.5, 0.6) is 5.75 Å². The van der Waals surface area contributed by atoms with Crippen LogP contribution in [0.15, 0.2) is 72.9 Å². The van der Waals surface area contributed by atoms with E-state index in [0.717, 1.165) is 53.8 Å². The van der Waals surface area contributed by atoms with E-state index in [1.165, 1.54) is 16.5 Å². The Morgan fingerprint density at radius 1 is 0.938 bits per heavy atom. The fourth-order valence-corrected chi connectivity index (χ4v) is 4.47. The number of hydrogen-bond donors (Lipinski definition) is 1. The van der Waals surface area contributed by atoms with Gasteiger partial charge in [0.05, 0.1) is 0 Å². The summed E-state index contributed by atoms with van der Waals surface area (Å²) in [5, 5.41) is 3.23. The lowest BCUT2D eigenvalue weighted by Gasteiger charge is -2.34. The van der Waals surface area contributed by atoms with Crippen LogP contribution in [0.3, 0.4) is 0 Å². The summed E-state index contributed by atoms with van der Waals surface area (Å²) in [7, 11) is 2.19. The largest absolute Gasteiger partial charge is 0.486 e. The molecule has 1 atom stereocenters. The Kier molecular flexibility index (Phi) is 5.81. The Bertz CT molecular complexity index is 1210. The van der Waals surface area contributed by atoms with E-state index in [1.807, 2.05) is 30.5 Å². The van der Waals surface area contributed by atoms with Gasteiger partial charge in [0.25, 0.3) is 0 Å². The second-order valence-electron chi connectivity index (χ2n) is 8.56. The summed E-state index contributed by atoms with van der Waals surface area (Å²) < 4.78 is 6.37. The summed E-state index contributed by atoms with van der Waals surface area (Å²) >= 11 is 6.02. The Balaban J connectivity index is 1.37. The van der Waals surface area contributed by atoms with Crippen molar-refractivity contribution in [3.63, 3.8) is 0 Å². The summed E-state index contributed by atoms with van der Waals surface area (Å²) in [6.45, 7) is 6.37. The molecule has 1 fully saturated rings. The van der Waals surface area contributed by atoms with Crippen molar-refractivity contribution >= 4 is 28.1 Å². The number of nitrogens with one attached hydrogen (secondary N) is 1. The lowest BCUT2D eigenvalue weighted by atomic mass is 10.1. The number of H-pyrrole nitrogens is 1. The number of rotatable bonds is 5. The van der Waals surface area contributed by atoms with Gasteiger partial charge in [-0.1, -0.05) is 41.9 Å². The molecule has 5 rings (SSSR count). The average Bonchev–Trinajstić information content (AvgIpc) is 3.30. The van der Waals surface area contributed by atoms with Gasteiger partial charge in [0.15, 0.2) is 0 Å². The Morgan fingerprint density at radius 3 is 2.50 bits per heavy atom. The van der Waals surface area contributed by atoms with Gasteiger partial charge in [0.1, 0.15) is 11.9 Å². The summed E-state index contributed by atoms with van der Waals surface area (Å²) in [5.74, 6) is 0.890. The Morgan fingerprint density at radius 2 is 1.72 bits per heavy atom. The van der Waals surface area contributed by atoms with Crippen LogP contribution in [-0.4, -0.2) is 43.1 Å². The van der Waals surface area contributed by atoms with E-state index in [2.05, 4.69) is 71.2 Å². The monoisotopic (exact) mass is 445 g/mol. The molecular weight excluding hydrogens is 418 g/mol. The number of halogens is 1. The molecule has 3 aromatic carbocycles. The second kappa shape index (κ2) is 8.89. The van der Waals surface area contributed by atoms with Crippen molar-refractivity contribution in [1.82, 2.24) is 9.88 Å². The smallest absolute Gasteiger partial charge is 0.122 e. The number of ether oxygens (including phenoxy) is 1. The van der Waals surface area contributed by atoms with Crippen LogP contribution in [0, 0.1) is 0 Å². The molecule has 0 amide bonds. The number of nitrogens with zero attached hydrogens (tertiary/aromatic N) is 2. The van der Waals surface area contributed by atoms with Gasteiger partial charge in [-0.2, -0.15) is 0 Å². The van der Waals surface area contributed by atoms with Gasteiger partial charge in [0, 0.05) is 59.7 Å². The first-order valence-electron chi connectivity index (χ1n) is 11.1. The molecule has 1 aliphatic heterocycles. The van der Waals surface area contributed by atoms with Crippen molar-refractivity contribution in [3.05, 3.63) is 83.5 Å². The lowest BCUT2D eigenvalue weighted by molar-refractivity contribution is 0.227. The van der Waals surface area contributed by atoms with Crippen molar-refractivity contribution in [1.29, 1.82) is 0 Å². The van der Waals surface area contributed by atoms with Crippen LogP contribution >= 0.6 is 11.6 Å². The number of aromatic amines is 1. The van der Waals surface area contributed by atoms with Crippen LogP contribution in [-0.2, 0) is 0 Å². The predicted octanol–water partition coefficient (Wildman–Crippen LogP) is 6.38. The number of hydrogen-bond acceptors (Lipinski definition) is 3. The normalized spacial score (nSPS) is 15.8. The molecule has 4 nitrogen and oxygen atoms in total. The molecule has 0 aliphatic carbocycles. The van der Waals surface area contributed by atoms with E-state index in [0.29, 0.717) is 0 Å². The number of aromatic nitrogens is 1. The third kappa shape index (κ3) is 4.34. The third-order valence-corrected chi connectivity index (χ3v) is 6.57. The van der Waals surface area contributed by atoms with Crippen molar-refractivity contribution in [2.24, 2.45) is 0 Å². The molecular formula is C27H28ClN3O. The molecule has 5 heteroatoms. The van der Waals surface area contributed by atoms with Crippen LogP contribution < -0.4 is 9.64 Å². The minimum absolute atomic E-state index is 0.0689. The standard InChI is InChI=1S/C27H28ClN3O/c1-19(22-16-26(29-18-22)21-6-9-23(28)10-7-21)32-24-11-8-20-4-3-5-27(25(20)17-24)31-14-12-30(2)13-15-31/h3-11,16-19,29H,12-15H2,1-2H3. The quantitative estimate of drug-likeness (QED) is 0.386. The highest BCUT2D eigenvalue weighted by molar-refractivity contribution is 6.30. The van der Waals surface area contributed by atoms with Crippen molar-refractivity contribution < 1.29 is 4.74 Å². The van der Waals surface area contributed by atoms with Crippen LogP contribution in [0.1, 0.15) is 18.6 Å². The summed E-state index contributed by atoms with van der Waals surface area (Å²) in [6, 6.07) is 23.0. The molecule has 1 N–H and O–H groups in total. The highest BCUT2D eigenvalue weighted by atomic mass is 35.5. The van der Waals surface area contributed by atoms with E-state index < -0.39 is 0 Å². The highest BCUT2D eigenvalue weighted by Gasteiger charge is 2.17. The van der Waals surface area contributed by atoms with E-state index in [-0.39, 0.29) is 6.10 Å². The molecule has 0 saturated carbocycles. The number of benzene rings is 3. The maximum atomic E-state index is 6.37. The molecule has 0 radical (unpaired) electrons. The fourth-order valence-electron chi connectivity index (χ4n) is 4.35. The van der Waals surface area contributed by atoms with Crippen LogP contribution in [0.25, 0.3) is 22.0 Å². The molecule has 32 heavy (non-hydrogen) atoms. The first-order valence-corrected chi connectivity index (χ1v) is 11.5. The van der Waals surface area contributed by atoms with Gasteiger partial charge in [-0.3, -0.25) is 0 Å². The fraction of sp³-hybridized carbons (Fsp3) is 0.259. The number of piperazine rings is 1. The molecule has 0 bridgehead atoms. The van der Waals surface area contributed by atoms with Gasteiger partial charge in [-0.15, -0.1) is 0 Å². The SMILES string of the molecule is CC(Oc1ccc2cccc(N3CCN(C)CC3)c2c1)c1c[nH]c(-c2ccc(Cl)cc2)c1. The van der Waals surface area contributed by atoms with E-state index in [4.69, 9.17) is 16.3 Å². The van der Waals surface area contributed by atoms with Crippen molar-refractivity contribution in [2.75, 3.05) is 38.1 Å². The molecule has 1 unspecified atom stereocenters. The van der Waals surface area contributed by atoms with Crippen LogP contribution in [0.2, 0.25) is 5.02 Å². The summed E-state index contributed by atoms with van der Waals surface area (Å²) in [6.07, 6.45) is 1.95. The topological polar surface area (TPSA) is 31.5 Å². The highest BCUT2D eigenvalue weighted by Crippen LogP contribution is 2.33. The predicted molar refractivity (Wildman–Crippen MR) is 134 cm³/mol. The minimum atomic E-state index is -0.0689. The van der Waals surface area contributed by atoms with Crippen LogP contribution in [0.4, 0.5) is 5.69 Å². The molecule has 1 aliphatic rings. The van der Waals surface area contributed by atoms with E-state index in [9.17, 15) is 0 Å². The Labute approximate surface area is 194 Å². The van der Waals surface area contributed by atoms with Gasteiger partial charge >= 0.3 is 0 Å². The van der Waals surface area contributed by atoms with Gasteiger partial charge in [0.2, 0.25) is 0 Å². The maximum absolute atomic E-state index is 6.37. The minimum Gasteiger partial charge on any atom is -0.486 e. The number of likely N-dealkylation sites (N-methyl/N-ethyl adjacent to an activating group) is 1. The van der Waals surface area contributed by atoms with Gasteiger partial charge in [-0.05, 0) is 61.3 Å². The van der Waals surface area contributed by atoms with Crippen molar-refractivity contribution in [2.45, 2.75) is 13.0 Å². The molecule has 1 saturated heterocycles. The molecule has 1 aromatic heterocycles. The van der Waals surface area contributed by atoms with E-state index in [1.54, 1.807) is 0 Å². The lowest BCUT2D eigenvalue weighted by Crippen LogP contribution is -2.44. The zero-order valence-corrected chi connectivity index (χ0v) is 19.3. The maximum Gasteiger partial charge on any atom is 0.122 e. The average molecular weight is 446 g/mol. The van der Waals surface area contributed by atoms with Gasteiger partial charge in [-0.25, -0.2) is 0 Å². The molecule has 164 valence electrons. The third-order valence-electron chi connectivity index (χ3n) is 6.32. The zero-order valence-electron chi connectivity index (χ0n) is 18.5. The van der Waals surface area contributed by atoms with Gasteiger partial charge < -0.3 is 19.5 Å². The van der Waals surface area contributed by atoms with Crippen molar-refractivity contribution in [3.8, 4) is 17.0 Å². The summed E-state index contributed by atoms with van der Waals surface area (Å²) in [4.78, 5) is 8.23. The first-order chi connectivity index (χ1) is 15.6. The molecule has 2 heterocycles. The summed E-state index contributed by atoms with van der Waals surface area (Å²) in [5.41, 5.74) is 4.57. The number of fused-ring (bicyclic) bond motifs is 1. The molecule has 4 aromatic rings. The number of anilines is 1. The van der Waals surface area contributed by atoms with E-state index >= 15 is 0 Å². The second-order valence-corrected chi connectivity index (χ2v) is 9.00. The Hall–Kier alpha value is -2.95. The zero-order chi connectivity index (χ0) is 22.1. The first kappa shape index (κ1) is 20.9. The molecule has 0 spiro atoms.